The molecule has 8 heteroatoms. The summed E-state index contributed by atoms with van der Waals surface area (Å²) in [6.45, 7) is 13.2. The van der Waals surface area contributed by atoms with Gasteiger partial charge in [-0.15, -0.1) is 0 Å². The molecule has 3 N–H and O–H groups in total. The van der Waals surface area contributed by atoms with Crippen molar-refractivity contribution in [1.82, 2.24) is 10.6 Å². The van der Waals surface area contributed by atoms with Crippen molar-refractivity contribution in [3.63, 3.8) is 0 Å². The van der Waals surface area contributed by atoms with E-state index < -0.39 is 15.9 Å². The van der Waals surface area contributed by atoms with Gasteiger partial charge >= 0.3 is 0 Å². The third kappa shape index (κ3) is 6.32. The van der Waals surface area contributed by atoms with Crippen LogP contribution in [0.1, 0.15) is 61.7 Å². The van der Waals surface area contributed by atoms with Gasteiger partial charge in [-0.05, 0) is 68.0 Å². The molecule has 0 spiro atoms. The number of nitrogens with one attached hydrogen (secondary N) is 3. The number of benzene rings is 2. The quantitative estimate of drug-likeness (QED) is 0.588. The highest BCUT2D eigenvalue weighted by Crippen LogP contribution is 2.30. The average Bonchev–Trinajstić information content (AvgIpc) is 2.66. The van der Waals surface area contributed by atoms with Crippen LogP contribution in [0.5, 0.6) is 0 Å². The molecule has 0 aliphatic carbocycles. The Bertz CT molecular complexity index is 1120. The molecule has 2 aromatic carbocycles. The van der Waals surface area contributed by atoms with E-state index in [1.54, 1.807) is 25.1 Å². The molecule has 0 saturated heterocycles. The molecule has 0 heterocycles. The fourth-order valence-corrected chi connectivity index (χ4v) is 4.56. The normalized spacial score (nSPS) is 11.9. The Morgan fingerprint density at radius 1 is 1.03 bits per heavy atom. The minimum absolute atomic E-state index is 0.0472. The fraction of sp³-hybridized carbons (Fsp3) is 0.417. The highest BCUT2D eigenvalue weighted by Gasteiger charge is 2.24. The van der Waals surface area contributed by atoms with Crippen LogP contribution in [-0.2, 0) is 20.2 Å². The number of para-hydroxylation sites is 1. The third-order valence-corrected chi connectivity index (χ3v) is 6.54. The second kappa shape index (κ2) is 9.73. The predicted octanol–water partition coefficient (Wildman–Crippen LogP) is 3.66. The van der Waals surface area contributed by atoms with E-state index in [9.17, 15) is 18.0 Å². The molecule has 0 aliphatic heterocycles. The number of carbonyl (C=O) groups excluding carboxylic acids is 2. The molecular formula is C24H33N3O4S. The van der Waals surface area contributed by atoms with Gasteiger partial charge in [0.05, 0.1) is 22.7 Å². The Balaban J connectivity index is 2.35. The number of hydrogen-bond donors (Lipinski definition) is 3. The zero-order valence-electron chi connectivity index (χ0n) is 19.8. The Morgan fingerprint density at radius 3 is 2.25 bits per heavy atom. The lowest BCUT2D eigenvalue weighted by atomic mass is 9.85. The van der Waals surface area contributed by atoms with E-state index in [1.807, 2.05) is 47.6 Å². The lowest BCUT2D eigenvalue weighted by Crippen LogP contribution is -2.40. The molecule has 2 aromatic rings. The van der Waals surface area contributed by atoms with Crippen molar-refractivity contribution in [2.45, 2.75) is 64.8 Å². The summed E-state index contributed by atoms with van der Waals surface area (Å²) < 4.78 is 29.2. The van der Waals surface area contributed by atoms with Gasteiger partial charge in [0.2, 0.25) is 5.91 Å². The molecule has 0 aromatic heterocycles. The van der Waals surface area contributed by atoms with E-state index >= 15 is 0 Å². The molecule has 32 heavy (non-hydrogen) atoms. The smallest absolute Gasteiger partial charge is 0.262 e. The Morgan fingerprint density at radius 2 is 1.66 bits per heavy atom. The van der Waals surface area contributed by atoms with Crippen LogP contribution >= 0.6 is 0 Å². The number of rotatable bonds is 7. The van der Waals surface area contributed by atoms with E-state index in [4.69, 9.17) is 0 Å². The highest BCUT2D eigenvalue weighted by atomic mass is 32.2. The molecule has 0 saturated carbocycles. The first kappa shape index (κ1) is 25.4. The maximum Gasteiger partial charge on any atom is 0.262 e. The summed E-state index contributed by atoms with van der Waals surface area (Å²) in [5.74, 6) is -0.866. The van der Waals surface area contributed by atoms with Crippen molar-refractivity contribution in [3.05, 3.63) is 58.7 Å². The van der Waals surface area contributed by atoms with Crippen molar-refractivity contribution in [2.24, 2.45) is 0 Å². The minimum atomic E-state index is -3.96. The summed E-state index contributed by atoms with van der Waals surface area (Å²) in [5, 5.41) is 5.22. The molecule has 0 fully saturated rings. The van der Waals surface area contributed by atoms with E-state index in [-0.39, 0.29) is 40.1 Å². The zero-order valence-corrected chi connectivity index (χ0v) is 20.6. The monoisotopic (exact) mass is 459 g/mol. The van der Waals surface area contributed by atoms with Crippen LogP contribution in [0.2, 0.25) is 0 Å². The van der Waals surface area contributed by atoms with Gasteiger partial charge in [-0.3, -0.25) is 14.3 Å². The van der Waals surface area contributed by atoms with Crippen LogP contribution in [0.3, 0.4) is 0 Å². The number of amides is 2. The van der Waals surface area contributed by atoms with Gasteiger partial charge < -0.3 is 10.6 Å². The molecular weight excluding hydrogens is 426 g/mol. The SMILES string of the molecule is Cc1cc(C(C)(C)C)cc(S(=O)(=O)Nc2ccccc2C(=O)NCC(=O)NC(C)C)c1C. The number of aryl methyl sites for hydroxylation is 1. The summed E-state index contributed by atoms with van der Waals surface area (Å²) in [5.41, 5.74) is 2.49. The molecule has 0 bridgehead atoms. The van der Waals surface area contributed by atoms with E-state index in [2.05, 4.69) is 15.4 Å². The lowest BCUT2D eigenvalue weighted by molar-refractivity contribution is -0.120. The summed E-state index contributed by atoms with van der Waals surface area (Å²) in [7, 11) is -3.96. The first-order valence-electron chi connectivity index (χ1n) is 10.5. The molecule has 7 nitrogen and oxygen atoms in total. The highest BCUT2D eigenvalue weighted by molar-refractivity contribution is 7.92. The number of carbonyl (C=O) groups is 2. The minimum Gasteiger partial charge on any atom is -0.352 e. The summed E-state index contributed by atoms with van der Waals surface area (Å²) in [4.78, 5) is 24.7. The van der Waals surface area contributed by atoms with Gasteiger partial charge in [0.15, 0.2) is 0 Å². The number of hydrogen-bond acceptors (Lipinski definition) is 4. The third-order valence-electron chi connectivity index (χ3n) is 5.05. The van der Waals surface area contributed by atoms with Crippen LogP contribution in [-0.4, -0.2) is 32.8 Å². The fourth-order valence-electron chi connectivity index (χ4n) is 3.14. The van der Waals surface area contributed by atoms with Gasteiger partial charge in [-0.1, -0.05) is 39.0 Å². The van der Waals surface area contributed by atoms with Gasteiger partial charge in [-0.2, -0.15) is 0 Å². The molecule has 0 atom stereocenters. The maximum absolute atomic E-state index is 13.3. The van der Waals surface area contributed by atoms with Crippen molar-refractivity contribution >= 4 is 27.5 Å². The van der Waals surface area contributed by atoms with E-state index in [1.165, 1.54) is 12.1 Å². The van der Waals surface area contributed by atoms with Crippen LogP contribution in [0, 0.1) is 13.8 Å². The number of sulfonamides is 1. The van der Waals surface area contributed by atoms with Gasteiger partial charge in [0.25, 0.3) is 15.9 Å². The maximum atomic E-state index is 13.3. The van der Waals surface area contributed by atoms with Crippen LogP contribution in [0.4, 0.5) is 5.69 Å². The van der Waals surface area contributed by atoms with Crippen LogP contribution < -0.4 is 15.4 Å². The molecule has 174 valence electrons. The first-order valence-corrected chi connectivity index (χ1v) is 12.0. The van der Waals surface area contributed by atoms with Crippen molar-refractivity contribution in [3.8, 4) is 0 Å². The molecule has 2 rings (SSSR count). The lowest BCUT2D eigenvalue weighted by Gasteiger charge is -2.22. The van der Waals surface area contributed by atoms with Crippen molar-refractivity contribution in [1.29, 1.82) is 0 Å². The molecule has 0 aliphatic rings. The Labute approximate surface area is 191 Å². The summed E-state index contributed by atoms with van der Waals surface area (Å²) in [6, 6.07) is 9.95. The van der Waals surface area contributed by atoms with Crippen molar-refractivity contribution in [2.75, 3.05) is 11.3 Å². The van der Waals surface area contributed by atoms with Crippen LogP contribution in [0.25, 0.3) is 0 Å². The van der Waals surface area contributed by atoms with Gasteiger partial charge in [0, 0.05) is 6.04 Å². The number of anilines is 1. The molecule has 0 radical (unpaired) electrons. The largest absolute Gasteiger partial charge is 0.352 e. The zero-order chi connectivity index (χ0) is 24.3. The summed E-state index contributed by atoms with van der Waals surface area (Å²) >= 11 is 0. The van der Waals surface area contributed by atoms with Crippen LogP contribution in [0.15, 0.2) is 41.3 Å². The summed E-state index contributed by atoms with van der Waals surface area (Å²) in [6.07, 6.45) is 0. The standard InChI is InChI=1S/C24H33N3O4S/c1-15(2)26-22(28)14-25-23(29)19-10-8-9-11-20(19)27-32(30,31)21-13-18(24(5,6)7)12-16(3)17(21)4/h8-13,15,27H,14H2,1-7H3,(H,25,29)(H,26,28). The molecule has 2 amide bonds. The van der Waals surface area contributed by atoms with Gasteiger partial charge in [-0.25, -0.2) is 8.42 Å². The van der Waals surface area contributed by atoms with E-state index in [0.717, 1.165) is 11.1 Å². The van der Waals surface area contributed by atoms with E-state index in [0.29, 0.717) is 5.56 Å². The Kier molecular flexibility index (Phi) is 7.72. The second-order valence-electron chi connectivity index (χ2n) is 9.22. The topological polar surface area (TPSA) is 104 Å². The molecule has 0 unspecified atom stereocenters. The average molecular weight is 460 g/mol. The first-order chi connectivity index (χ1) is 14.7. The second-order valence-corrected chi connectivity index (χ2v) is 10.9. The Hall–Kier alpha value is -2.87. The predicted molar refractivity (Wildman–Crippen MR) is 127 cm³/mol. The van der Waals surface area contributed by atoms with Crippen molar-refractivity contribution < 1.29 is 18.0 Å². The van der Waals surface area contributed by atoms with Gasteiger partial charge in [0.1, 0.15) is 0 Å².